The highest BCUT2D eigenvalue weighted by Gasteiger charge is 2.30. The number of hydrogen-bond donors (Lipinski definition) is 0. The van der Waals surface area contributed by atoms with Gasteiger partial charge in [0.25, 0.3) is 5.91 Å². The Bertz CT molecular complexity index is 1200. The number of hydrogen-bond acceptors (Lipinski definition) is 4. The number of para-hydroxylation sites is 1. The molecule has 4 aromatic rings. The fourth-order valence-electron chi connectivity index (χ4n) is 3.62. The van der Waals surface area contributed by atoms with Crippen LogP contribution in [0, 0.1) is 0 Å². The molecule has 156 valence electrons. The van der Waals surface area contributed by atoms with Gasteiger partial charge in [-0.15, -0.1) is 6.58 Å². The highest BCUT2D eigenvalue weighted by atomic mass is 16.5. The monoisotopic (exact) mass is 412 g/mol. The lowest BCUT2D eigenvalue weighted by Crippen LogP contribution is -2.35. The summed E-state index contributed by atoms with van der Waals surface area (Å²) < 4.78 is 11.0. The zero-order valence-electron chi connectivity index (χ0n) is 17.6. The molecule has 1 unspecified atom stereocenters. The largest absolute Gasteiger partial charge is 0.497 e. The molecule has 0 radical (unpaired) electrons. The van der Waals surface area contributed by atoms with E-state index in [0.29, 0.717) is 17.9 Å². The molecule has 0 saturated carbocycles. The maximum absolute atomic E-state index is 13.8. The summed E-state index contributed by atoms with van der Waals surface area (Å²) in [6.45, 7) is 6.01. The summed E-state index contributed by atoms with van der Waals surface area (Å²) in [5.74, 6) is 1.20. The van der Waals surface area contributed by atoms with Crippen LogP contribution in [0.5, 0.6) is 5.75 Å². The first-order valence-corrected chi connectivity index (χ1v) is 10.1. The molecular formula is C26H24N2O3. The lowest BCUT2D eigenvalue weighted by atomic mass is 10.0. The van der Waals surface area contributed by atoms with Gasteiger partial charge in [-0.2, -0.15) is 0 Å². The van der Waals surface area contributed by atoms with Crippen LogP contribution in [0.1, 0.15) is 35.6 Å². The minimum Gasteiger partial charge on any atom is -0.497 e. The Kier molecular flexibility index (Phi) is 5.85. The molecule has 0 aliphatic carbocycles. The lowest BCUT2D eigenvalue weighted by Gasteiger charge is -2.31. The van der Waals surface area contributed by atoms with Crippen LogP contribution < -0.4 is 9.64 Å². The van der Waals surface area contributed by atoms with Gasteiger partial charge in [0, 0.05) is 11.1 Å². The van der Waals surface area contributed by atoms with Crippen LogP contribution in [0.25, 0.3) is 10.9 Å². The SMILES string of the molecule is C=C(C)CC(c1ccco1)N(C(=O)c1ccc2ccccc2n1)c1ccc(OC)cc1. The molecule has 4 rings (SSSR count). The Morgan fingerprint density at radius 2 is 1.84 bits per heavy atom. The summed E-state index contributed by atoms with van der Waals surface area (Å²) in [6.07, 6.45) is 2.17. The zero-order chi connectivity index (χ0) is 21.8. The second-order valence-electron chi connectivity index (χ2n) is 7.45. The third kappa shape index (κ3) is 4.36. The Labute approximate surface area is 181 Å². The van der Waals surface area contributed by atoms with Gasteiger partial charge >= 0.3 is 0 Å². The summed E-state index contributed by atoms with van der Waals surface area (Å²) in [7, 11) is 1.61. The van der Waals surface area contributed by atoms with Crippen molar-refractivity contribution >= 4 is 22.5 Å². The number of ether oxygens (including phenoxy) is 1. The first-order chi connectivity index (χ1) is 15.1. The molecule has 0 aliphatic heterocycles. The first-order valence-electron chi connectivity index (χ1n) is 10.1. The van der Waals surface area contributed by atoms with Crippen LogP contribution in [0.2, 0.25) is 0 Å². The first kappa shape index (κ1) is 20.4. The van der Waals surface area contributed by atoms with Crippen molar-refractivity contribution in [3.8, 4) is 5.75 Å². The summed E-state index contributed by atoms with van der Waals surface area (Å²) in [5.41, 5.74) is 2.81. The van der Waals surface area contributed by atoms with Crippen LogP contribution in [-0.2, 0) is 0 Å². The Hall–Kier alpha value is -3.86. The van der Waals surface area contributed by atoms with Crippen molar-refractivity contribution in [3.63, 3.8) is 0 Å². The van der Waals surface area contributed by atoms with E-state index in [2.05, 4.69) is 11.6 Å². The number of carbonyl (C=O) groups is 1. The molecule has 0 saturated heterocycles. The number of furan rings is 1. The topological polar surface area (TPSA) is 55.6 Å². The molecule has 0 bridgehead atoms. The van der Waals surface area contributed by atoms with E-state index in [1.54, 1.807) is 24.3 Å². The summed E-state index contributed by atoms with van der Waals surface area (Å²) in [6, 6.07) is 22.2. The van der Waals surface area contributed by atoms with Crippen molar-refractivity contribution in [3.05, 3.63) is 103 Å². The van der Waals surface area contributed by atoms with E-state index >= 15 is 0 Å². The van der Waals surface area contributed by atoms with Crippen molar-refractivity contribution in [2.75, 3.05) is 12.0 Å². The van der Waals surface area contributed by atoms with E-state index in [4.69, 9.17) is 9.15 Å². The third-order valence-electron chi connectivity index (χ3n) is 5.11. The Morgan fingerprint density at radius 1 is 1.06 bits per heavy atom. The second kappa shape index (κ2) is 8.88. The molecule has 1 atom stereocenters. The molecule has 0 N–H and O–H groups in total. The van der Waals surface area contributed by atoms with E-state index in [-0.39, 0.29) is 11.9 Å². The molecule has 2 aromatic carbocycles. The lowest BCUT2D eigenvalue weighted by molar-refractivity contribution is 0.0968. The smallest absolute Gasteiger partial charge is 0.277 e. The average molecular weight is 412 g/mol. The maximum atomic E-state index is 13.8. The third-order valence-corrected chi connectivity index (χ3v) is 5.11. The molecule has 1 amide bonds. The number of rotatable bonds is 7. The second-order valence-corrected chi connectivity index (χ2v) is 7.45. The van der Waals surface area contributed by atoms with Gasteiger partial charge in [-0.3, -0.25) is 9.69 Å². The van der Waals surface area contributed by atoms with Crippen LogP contribution in [0.3, 0.4) is 0 Å². The van der Waals surface area contributed by atoms with Crippen molar-refractivity contribution in [2.24, 2.45) is 0 Å². The van der Waals surface area contributed by atoms with Crippen LogP contribution in [0.4, 0.5) is 5.69 Å². The molecular weight excluding hydrogens is 388 g/mol. The van der Waals surface area contributed by atoms with Crippen molar-refractivity contribution < 1.29 is 13.9 Å². The van der Waals surface area contributed by atoms with E-state index in [0.717, 1.165) is 27.9 Å². The van der Waals surface area contributed by atoms with E-state index in [9.17, 15) is 4.79 Å². The van der Waals surface area contributed by atoms with Crippen LogP contribution >= 0.6 is 0 Å². The number of pyridine rings is 1. The van der Waals surface area contributed by atoms with Crippen molar-refractivity contribution in [1.82, 2.24) is 4.98 Å². The summed E-state index contributed by atoms with van der Waals surface area (Å²) in [5, 5.41) is 0.986. The summed E-state index contributed by atoms with van der Waals surface area (Å²) >= 11 is 0. The zero-order valence-corrected chi connectivity index (χ0v) is 17.6. The normalized spacial score (nSPS) is 11.8. The van der Waals surface area contributed by atoms with E-state index in [1.165, 1.54) is 0 Å². The van der Waals surface area contributed by atoms with Crippen LogP contribution in [0.15, 0.2) is 95.6 Å². The molecule has 5 heteroatoms. The van der Waals surface area contributed by atoms with Gasteiger partial charge in [-0.1, -0.05) is 29.8 Å². The minimum absolute atomic E-state index is 0.210. The highest BCUT2D eigenvalue weighted by Crippen LogP contribution is 2.34. The number of nitrogens with zero attached hydrogens (tertiary/aromatic N) is 2. The van der Waals surface area contributed by atoms with Gasteiger partial charge in [0.05, 0.1) is 24.9 Å². The molecule has 2 aromatic heterocycles. The van der Waals surface area contributed by atoms with Gasteiger partial charge in [-0.05, 0) is 61.9 Å². The number of amides is 1. The predicted octanol–water partition coefficient (Wildman–Crippen LogP) is 6.19. The Balaban J connectivity index is 1.83. The van der Waals surface area contributed by atoms with Gasteiger partial charge in [-0.25, -0.2) is 4.98 Å². The van der Waals surface area contributed by atoms with Crippen molar-refractivity contribution in [2.45, 2.75) is 19.4 Å². The van der Waals surface area contributed by atoms with Gasteiger partial charge in [0.15, 0.2) is 0 Å². The van der Waals surface area contributed by atoms with Crippen LogP contribution in [-0.4, -0.2) is 18.0 Å². The fraction of sp³-hybridized carbons (Fsp3) is 0.154. The number of carbonyl (C=O) groups excluding carboxylic acids is 1. The molecule has 2 heterocycles. The van der Waals surface area contributed by atoms with Gasteiger partial charge in [0.2, 0.25) is 0 Å². The number of anilines is 1. The molecule has 5 nitrogen and oxygen atoms in total. The van der Waals surface area contributed by atoms with Gasteiger partial charge < -0.3 is 9.15 Å². The Morgan fingerprint density at radius 3 is 2.52 bits per heavy atom. The number of benzene rings is 2. The van der Waals surface area contributed by atoms with Crippen molar-refractivity contribution in [1.29, 1.82) is 0 Å². The molecule has 0 spiro atoms. The molecule has 0 fully saturated rings. The molecule has 0 aliphatic rings. The average Bonchev–Trinajstić information content (AvgIpc) is 3.33. The number of aromatic nitrogens is 1. The van der Waals surface area contributed by atoms with Gasteiger partial charge in [0.1, 0.15) is 17.2 Å². The molecule has 31 heavy (non-hydrogen) atoms. The van der Waals surface area contributed by atoms with E-state index in [1.807, 2.05) is 73.7 Å². The predicted molar refractivity (Wildman–Crippen MR) is 122 cm³/mol. The van der Waals surface area contributed by atoms with E-state index < -0.39 is 0 Å². The maximum Gasteiger partial charge on any atom is 0.277 e. The minimum atomic E-state index is -0.360. The number of fused-ring (bicyclic) bond motifs is 1. The quantitative estimate of drug-likeness (QED) is 0.340. The fourth-order valence-corrected chi connectivity index (χ4v) is 3.62. The number of methoxy groups -OCH3 is 1. The standard InChI is InChI=1S/C26H24N2O3/c1-18(2)17-24(25-9-6-16-31-25)28(20-11-13-21(30-3)14-12-20)26(29)23-15-10-19-7-4-5-8-22(19)27-23/h4-16,24H,1,17H2,2-3H3. The summed E-state index contributed by atoms with van der Waals surface area (Å²) in [4.78, 5) is 20.2. The highest BCUT2D eigenvalue weighted by molar-refractivity contribution is 6.06.